The number of rotatable bonds is 5. The van der Waals surface area contributed by atoms with Crippen molar-refractivity contribution in [2.75, 3.05) is 23.2 Å². The van der Waals surface area contributed by atoms with Crippen LogP contribution >= 0.6 is 0 Å². The Morgan fingerprint density at radius 2 is 2.00 bits per heavy atom. The maximum Gasteiger partial charge on any atom is 0.251 e. The van der Waals surface area contributed by atoms with Gasteiger partial charge in [0.25, 0.3) is 5.91 Å². The van der Waals surface area contributed by atoms with Crippen LogP contribution in [0.3, 0.4) is 0 Å². The summed E-state index contributed by atoms with van der Waals surface area (Å²) in [6, 6.07) is 6.09. The van der Waals surface area contributed by atoms with E-state index in [9.17, 15) is 23.1 Å². The van der Waals surface area contributed by atoms with Crippen molar-refractivity contribution < 1.29 is 23.1 Å². The van der Waals surface area contributed by atoms with E-state index < -0.39 is 21.8 Å². The Hall–Kier alpha value is -1.93. The van der Waals surface area contributed by atoms with Crippen LogP contribution in [0.15, 0.2) is 24.3 Å². The highest BCUT2D eigenvalue weighted by Gasteiger charge is 2.42. The van der Waals surface area contributed by atoms with Crippen LogP contribution in [0.5, 0.6) is 0 Å². The molecule has 0 bridgehead atoms. The Morgan fingerprint density at radius 1 is 1.30 bits per heavy atom. The van der Waals surface area contributed by atoms with Crippen molar-refractivity contribution in [3.63, 3.8) is 0 Å². The van der Waals surface area contributed by atoms with Gasteiger partial charge in [-0.15, -0.1) is 0 Å². The zero-order chi connectivity index (χ0) is 19.7. The van der Waals surface area contributed by atoms with E-state index in [1.54, 1.807) is 19.1 Å². The average molecular weight is 394 g/mol. The Bertz CT molecular complexity index is 830. The molecular formula is C19H26N2O5S. The Labute approximate surface area is 159 Å². The normalized spacial score (nSPS) is 24.0. The molecule has 2 fully saturated rings. The van der Waals surface area contributed by atoms with E-state index in [0.717, 1.165) is 36.4 Å². The topological polar surface area (TPSA) is 104 Å². The lowest BCUT2D eigenvalue weighted by atomic mass is 9.74. The van der Waals surface area contributed by atoms with Crippen LogP contribution in [-0.2, 0) is 14.8 Å². The van der Waals surface area contributed by atoms with Gasteiger partial charge in [0.1, 0.15) is 0 Å². The molecule has 2 aliphatic rings. The number of aliphatic hydroxyl groups excluding tert-OH is 1. The maximum atomic E-state index is 12.6. The van der Waals surface area contributed by atoms with Gasteiger partial charge in [-0.3, -0.25) is 9.59 Å². The van der Waals surface area contributed by atoms with E-state index in [2.05, 4.69) is 5.32 Å². The number of carbonyl (C=O) groups is 2. The van der Waals surface area contributed by atoms with E-state index in [4.69, 9.17) is 0 Å². The van der Waals surface area contributed by atoms with Crippen LogP contribution in [0.25, 0.3) is 0 Å². The molecule has 1 aromatic carbocycles. The number of sulfonamides is 1. The number of hydrogen-bond donors (Lipinski definition) is 2. The second kappa shape index (κ2) is 7.59. The molecule has 8 heteroatoms. The predicted octanol–water partition coefficient (Wildman–Crippen LogP) is 1.67. The number of carbonyl (C=O) groups excluding carboxylic acids is 2. The molecule has 1 atom stereocenters. The fraction of sp³-hybridized carbons (Fsp3) is 0.579. The number of aliphatic hydroxyl groups is 1. The Balaban J connectivity index is 1.75. The molecule has 1 aromatic rings. The average Bonchev–Trinajstić information content (AvgIpc) is 2.87. The summed E-state index contributed by atoms with van der Waals surface area (Å²) in [6.45, 7) is 1.99. The summed E-state index contributed by atoms with van der Waals surface area (Å²) < 4.78 is 25.3. The first-order valence-corrected chi connectivity index (χ1v) is 10.9. The van der Waals surface area contributed by atoms with Crippen molar-refractivity contribution in [2.45, 2.75) is 39.0 Å². The van der Waals surface area contributed by atoms with Gasteiger partial charge in [0.15, 0.2) is 0 Å². The smallest absolute Gasteiger partial charge is 0.251 e. The predicted molar refractivity (Wildman–Crippen MR) is 102 cm³/mol. The van der Waals surface area contributed by atoms with Gasteiger partial charge >= 0.3 is 0 Å². The number of anilines is 1. The molecule has 148 valence electrons. The molecule has 1 heterocycles. The zero-order valence-corrected chi connectivity index (χ0v) is 16.3. The first-order chi connectivity index (χ1) is 12.8. The quantitative estimate of drug-likeness (QED) is 0.791. The standard InChI is InChI=1S/C19H26N2O5S/c1-14-11-27(25,26)21(18(14)24)16-7-5-6-15(10-16)17(23)20-12-19(13-22)8-3-2-4-9-19/h5-7,10,14,22H,2-4,8-9,11-13H2,1H3,(H,20,23). The first kappa shape index (κ1) is 19.8. The van der Waals surface area contributed by atoms with Crippen molar-refractivity contribution in [3.05, 3.63) is 29.8 Å². The van der Waals surface area contributed by atoms with Gasteiger partial charge in [0.05, 0.1) is 24.0 Å². The molecule has 1 aliphatic heterocycles. The van der Waals surface area contributed by atoms with Crippen LogP contribution in [0.2, 0.25) is 0 Å². The Kier molecular flexibility index (Phi) is 5.58. The SMILES string of the molecule is CC1CS(=O)(=O)N(c2cccc(C(=O)NCC3(CO)CCCCC3)c2)C1=O. The molecule has 27 heavy (non-hydrogen) atoms. The molecule has 7 nitrogen and oxygen atoms in total. The highest BCUT2D eigenvalue weighted by molar-refractivity contribution is 7.94. The monoisotopic (exact) mass is 394 g/mol. The van der Waals surface area contributed by atoms with E-state index in [1.165, 1.54) is 12.1 Å². The van der Waals surface area contributed by atoms with Gasteiger partial charge in [0.2, 0.25) is 15.9 Å². The van der Waals surface area contributed by atoms with Gasteiger partial charge in [0, 0.05) is 17.5 Å². The van der Waals surface area contributed by atoms with Crippen LogP contribution in [0.1, 0.15) is 49.4 Å². The number of amides is 2. The molecule has 1 unspecified atom stereocenters. The number of benzene rings is 1. The van der Waals surface area contributed by atoms with Crippen LogP contribution in [0, 0.1) is 11.3 Å². The summed E-state index contributed by atoms with van der Waals surface area (Å²) in [6.07, 6.45) is 4.98. The molecule has 0 aromatic heterocycles. The lowest BCUT2D eigenvalue weighted by Crippen LogP contribution is -2.41. The van der Waals surface area contributed by atoms with Crippen molar-refractivity contribution in [1.82, 2.24) is 5.32 Å². The van der Waals surface area contributed by atoms with Gasteiger partial charge in [-0.25, -0.2) is 12.7 Å². The first-order valence-electron chi connectivity index (χ1n) is 9.34. The third-order valence-electron chi connectivity index (χ3n) is 5.58. The molecule has 1 saturated heterocycles. The number of hydrogen-bond acceptors (Lipinski definition) is 5. The second-order valence-electron chi connectivity index (χ2n) is 7.73. The third-order valence-corrected chi connectivity index (χ3v) is 7.45. The van der Waals surface area contributed by atoms with Gasteiger partial charge in [-0.2, -0.15) is 0 Å². The fourth-order valence-corrected chi connectivity index (χ4v) is 5.74. The highest BCUT2D eigenvalue weighted by Crippen LogP contribution is 2.35. The molecule has 0 spiro atoms. The minimum absolute atomic E-state index is 0.0335. The van der Waals surface area contributed by atoms with Gasteiger partial charge < -0.3 is 10.4 Å². The Morgan fingerprint density at radius 3 is 2.59 bits per heavy atom. The molecular weight excluding hydrogens is 368 g/mol. The summed E-state index contributed by atoms with van der Waals surface area (Å²) in [5.41, 5.74) is 0.195. The van der Waals surface area contributed by atoms with Gasteiger partial charge in [-0.1, -0.05) is 32.3 Å². The van der Waals surface area contributed by atoms with Crippen LogP contribution in [-0.4, -0.2) is 44.2 Å². The summed E-state index contributed by atoms with van der Waals surface area (Å²) in [7, 11) is -3.71. The molecule has 2 amide bonds. The second-order valence-corrected chi connectivity index (χ2v) is 9.60. The van der Waals surface area contributed by atoms with Crippen molar-refractivity contribution >= 4 is 27.5 Å². The lowest BCUT2D eigenvalue weighted by Gasteiger charge is -2.35. The van der Waals surface area contributed by atoms with Crippen LogP contribution in [0.4, 0.5) is 5.69 Å². The van der Waals surface area contributed by atoms with Crippen molar-refractivity contribution in [3.8, 4) is 0 Å². The summed E-state index contributed by atoms with van der Waals surface area (Å²) >= 11 is 0. The molecule has 1 saturated carbocycles. The van der Waals surface area contributed by atoms with E-state index in [0.29, 0.717) is 12.1 Å². The third kappa shape index (κ3) is 4.01. The van der Waals surface area contributed by atoms with Crippen LogP contribution < -0.4 is 9.62 Å². The summed E-state index contributed by atoms with van der Waals surface area (Å²) in [5.74, 6) is -1.63. The van der Waals surface area contributed by atoms with E-state index >= 15 is 0 Å². The van der Waals surface area contributed by atoms with Gasteiger partial charge in [-0.05, 0) is 31.0 Å². The molecule has 1 aliphatic carbocycles. The largest absolute Gasteiger partial charge is 0.396 e. The zero-order valence-electron chi connectivity index (χ0n) is 15.5. The lowest BCUT2D eigenvalue weighted by molar-refractivity contribution is -0.119. The fourth-order valence-electron chi connectivity index (χ4n) is 3.92. The minimum atomic E-state index is -3.71. The van der Waals surface area contributed by atoms with E-state index in [-0.39, 0.29) is 29.4 Å². The number of nitrogens with zero attached hydrogens (tertiary/aromatic N) is 1. The molecule has 3 rings (SSSR count). The summed E-state index contributed by atoms with van der Waals surface area (Å²) in [5, 5.41) is 12.6. The van der Waals surface area contributed by atoms with E-state index in [1.807, 2.05) is 0 Å². The van der Waals surface area contributed by atoms with Crippen molar-refractivity contribution in [1.29, 1.82) is 0 Å². The molecule has 2 N–H and O–H groups in total. The number of nitrogens with one attached hydrogen (secondary N) is 1. The maximum absolute atomic E-state index is 12.6. The summed E-state index contributed by atoms with van der Waals surface area (Å²) in [4.78, 5) is 24.8. The molecule has 0 radical (unpaired) electrons. The minimum Gasteiger partial charge on any atom is -0.396 e. The van der Waals surface area contributed by atoms with Crippen molar-refractivity contribution in [2.24, 2.45) is 11.3 Å². The highest BCUT2D eigenvalue weighted by atomic mass is 32.2.